The third-order valence-electron chi connectivity index (χ3n) is 3.80. The normalized spacial score (nSPS) is 12.3. The van der Waals surface area contributed by atoms with Crippen LogP contribution in [-0.2, 0) is 9.53 Å². The van der Waals surface area contributed by atoms with Gasteiger partial charge in [-0.1, -0.05) is 54.7 Å². The summed E-state index contributed by atoms with van der Waals surface area (Å²) in [5.41, 5.74) is 2.42. The first-order chi connectivity index (χ1) is 12.3. The fourth-order valence-electron chi connectivity index (χ4n) is 2.33. The first-order valence-corrected chi connectivity index (χ1v) is 8.37. The van der Waals surface area contributed by atoms with Crippen LogP contribution in [0.4, 0.5) is 13.2 Å². The van der Waals surface area contributed by atoms with E-state index in [1.807, 2.05) is 6.07 Å². The molecule has 7 heteroatoms. The quantitative estimate of drug-likeness (QED) is 0.546. The van der Waals surface area contributed by atoms with Gasteiger partial charge in [0.05, 0.1) is 18.0 Å². The fraction of sp³-hybridized carbons (Fsp3) is 0.263. The summed E-state index contributed by atoms with van der Waals surface area (Å²) in [5, 5.41) is 2.20. The van der Waals surface area contributed by atoms with Crippen molar-refractivity contribution in [1.29, 1.82) is 0 Å². The summed E-state index contributed by atoms with van der Waals surface area (Å²) >= 11 is 4.41. The number of nitrogens with one attached hydrogen (secondary N) is 1. The Hall–Kier alpha value is -2.41. The van der Waals surface area contributed by atoms with Crippen molar-refractivity contribution in [3.8, 4) is 11.1 Å². The zero-order valence-electron chi connectivity index (χ0n) is 14.0. The fourth-order valence-corrected chi connectivity index (χ4v) is 2.42. The van der Waals surface area contributed by atoms with Crippen LogP contribution >= 0.6 is 12.2 Å². The second kappa shape index (κ2) is 8.80. The minimum atomic E-state index is -3.24. The van der Waals surface area contributed by atoms with E-state index < -0.39 is 36.8 Å². The van der Waals surface area contributed by atoms with Crippen LogP contribution in [0, 0.1) is 5.82 Å². The predicted octanol–water partition coefficient (Wildman–Crippen LogP) is 4.32. The highest BCUT2D eigenvalue weighted by Crippen LogP contribution is 2.27. The van der Waals surface area contributed by atoms with Gasteiger partial charge in [-0.05, 0) is 24.1 Å². The molecule has 0 amide bonds. The van der Waals surface area contributed by atoms with Crippen molar-refractivity contribution in [3.05, 3.63) is 59.9 Å². The van der Waals surface area contributed by atoms with Crippen molar-refractivity contribution in [2.24, 2.45) is 0 Å². The van der Waals surface area contributed by atoms with Gasteiger partial charge in [-0.3, -0.25) is 4.79 Å². The predicted molar refractivity (Wildman–Crippen MR) is 97.8 cm³/mol. The summed E-state index contributed by atoms with van der Waals surface area (Å²) in [4.78, 5) is 12.0. The molecule has 0 heterocycles. The molecule has 2 rings (SSSR count). The molecule has 1 unspecified atom stereocenters. The van der Waals surface area contributed by atoms with E-state index in [1.165, 1.54) is 13.0 Å². The van der Waals surface area contributed by atoms with E-state index in [0.717, 1.165) is 5.49 Å². The summed E-state index contributed by atoms with van der Waals surface area (Å²) in [6, 6.07) is 13.3. The number of alkyl halides is 2. The molecule has 0 bridgehead atoms. The molecule has 138 valence electrons. The standard InChI is InChI=1S/C19H18F3NO2S/c1-13(18(24)25-11-19(21,22)10-23-12-26)15-7-8-16(17(20)9-15)14-5-3-2-4-6-14/h2-9,12-13H,10-11H2,1H3,(H,23,26). The van der Waals surface area contributed by atoms with Gasteiger partial charge in [-0.2, -0.15) is 0 Å². The maximum absolute atomic E-state index is 14.4. The third kappa shape index (κ3) is 5.29. The van der Waals surface area contributed by atoms with Gasteiger partial charge in [0.15, 0.2) is 6.61 Å². The molecule has 2 aromatic rings. The summed E-state index contributed by atoms with van der Waals surface area (Å²) < 4.78 is 46.0. The monoisotopic (exact) mass is 381 g/mol. The largest absolute Gasteiger partial charge is 0.459 e. The minimum Gasteiger partial charge on any atom is -0.459 e. The van der Waals surface area contributed by atoms with E-state index in [0.29, 0.717) is 16.7 Å². The van der Waals surface area contributed by atoms with E-state index in [-0.39, 0.29) is 0 Å². The van der Waals surface area contributed by atoms with Crippen LogP contribution in [-0.4, -0.2) is 30.5 Å². The number of hydrogen-bond acceptors (Lipinski definition) is 3. The van der Waals surface area contributed by atoms with Crippen molar-refractivity contribution in [1.82, 2.24) is 5.32 Å². The number of benzene rings is 2. The second-order valence-electron chi connectivity index (χ2n) is 5.79. The van der Waals surface area contributed by atoms with E-state index in [4.69, 9.17) is 0 Å². The Morgan fingerprint density at radius 1 is 1.27 bits per heavy atom. The van der Waals surface area contributed by atoms with Gasteiger partial charge in [0.2, 0.25) is 0 Å². The number of hydrogen-bond donors (Lipinski definition) is 1. The topological polar surface area (TPSA) is 38.3 Å². The molecule has 3 nitrogen and oxygen atoms in total. The van der Waals surface area contributed by atoms with Gasteiger partial charge in [-0.15, -0.1) is 0 Å². The molecule has 0 radical (unpaired) electrons. The third-order valence-corrected chi connectivity index (χ3v) is 3.97. The molecule has 2 aromatic carbocycles. The zero-order valence-corrected chi connectivity index (χ0v) is 14.9. The van der Waals surface area contributed by atoms with Crippen LogP contribution in [0.15, 0.2) is 48.5 Å². The zero-order chi connectivity index (χ0) is 19.2. The van der Waals surface area contributed by atoms with Crippen LogP contribution in [0.1, 0.15) is 18.4 Å². The lowest BCUT2D eigenvalue weighted by molar-refractivity contribution is -0.155. The molecule has 0 aromatic heterocycles. The number of carbonyl (C=O) groups excluding carboxylic acids is 1. The highest BCUT2D eigenvalue weighted by atomic mass is 32.1. The molecule has 0 spiro atoms. The molecule has 1 atom stereocenters. The van der Waals surface area contributed by atoms with Gasteiger partial charge in [0.25, 0.3) is 5.92 Å². The Kier molecular flexibility index (Phi) is 6.74. The van der Waals surface area contributed by atoms with Crippen LogP contribution in [0.25, 0.3) is 11.1 Å². The number of thiocarbonyl (C=S) groups is 1. The summed E-state index contributed by atoms with van der Waals surface area (Å²) in [6.45, 7) is -0.317. The first-order valence-electron chi connectivity index (χ1n) is 7.90. The average Bonchev–Trinajstić information content (AvgIpc) is 2.64. The van der Waals surface area contributed by atoms with Crippen molar-refractivity contribution < 1.29 is 22.7 Å². The molecule has 0 aliphatic rings. The van der Waals surface area contributed by atoms with Gasteiger partial charge in [-0.25, -0.2) is 13.2 Å². The van der Waals surface area contributed by atoms with Crippen LogP contribution in [0.3, 0.4) is 0 Å². The van der Waals surface area contributed by atoms with Gasteiger partial charge in [0, 0.05) is 5.56 Å². The lowest BCUT2D eigenvalue weighted by atomic mass is 9.97. The number of carbonyl (C=O) groups is 1. The van der Waals surface area contributed by atoms with Crippen molar-refractivity contribution in [2.45, 2.75) is 18.8 Å². The van der Waals surface area contributed by atoms with Crippen LogP contribution in [0.2, 0.25) is 0 Å². The van der Waals surface area contributed by atoms with Gasteiger partial charge >= 0.3 is 5.97 Å². The van der Waals surface area contributed by atoms with Gasteiger partial charge < -0.3 is 10.1 Å². The summed E-state index contributed by atoms with van der Waals surface area (Å²) in [7, 11) is 0. The number of halogens is 3. The van der Waals surface area contributed by atoms with E-state index >= 15 is 0 Å². The van der Waals surface area contributed by atoms with Crippen molar-refractivity contribution >= 4 is 23.7 Å². The first kappa shape index (κ1) is 19.9. The Morgan fingerprint density at radius 3 is 2.58 bits per heavy atom. The highest BCUT2D eigenvalue weighted by Gasteiger charge is 2.31. The molecule has 0 aliphatic heterocycles. The van der Waals surface area contributed by atoms with E-state index in [9.17, 15) is 18.0 Å². The smallest absolute Gasteiger partial charge is 0.313 e. The highest BCUT2D eigenvalue weighted by molar-refractivity contribution is 7.78. The molecule has 0 saturated carbocycles. The van der Waals surface area contributed by atoms with Gasteiger partial charge in [0.1, 0.15) is 5.82 Å². The molecule has 1 N–H and O–H groups in total. The number of rotatable bonds is 8. The SMILES string of the molecule is CC(C(=O)OCC(F)(F)CNC=S)c1ccc(-c2ccccc2)c(F)c1. The lowest BCUT2D eigenvalue weighted by Gasteiger charge is -2.18. The average molecular weight is 381 g/mol. The van der Waals surface area contributed by atoms with E-state index in [2.05, 4.69) is 22.3 Å². The Labute approximate surface area is 155 Å². The Morgan fingerprint density at radius 2 is 1.96 bits per heavy atom. The molecular formula is C19H18F3NO2S. The molecule has 26 heavy (non-hydrogen) atoms. The summed E-state index contributed by atoms with van der Waals surface area (Å²) in [5.74, 6) is -5.46. The Bertz CT molecular complexity index is 769. The number of ether oxygens (including phenoxy) is 1. The van der Waals surface area contributed by atoms with Crippen LogP contribution in [0.5, 0.6) is 0 Å². The summed E-state index contributed by atoms with van der Waals surface area (Å²) in [6.07, 6.45) is 0. The van der Waals surface area contributed by atoms with E-state index in [1.54, 1.807) is 36.4 Å². The maximum Gasteiger partial charge on any atom is 0.313 e. The molecule has 0 fully saturated rings. The second-order valence-corrected chi connectivity index (χ2v) is 6.03. The lowest BCUT2D eigenvalue weighted by Crippen LogP contribution is -2.37. The van der Waals surface area contributed by atoms with Crippen molar-refractivity contribution in [3.63, 3.8) is 0 Å². The van der Waals surface area contributed by atoms with Crippen molar-refractivity contribution in [2.75, 3.05) is 13.2 Å². The Balaban J connectivity index is 2.05. The minimum absolute atomic E-state index is 0.354. The number of esters is 1. The molecular weight excluding hydrogens is 363 g/mol. The molecule has 0 aliphatic carbocycles. The van der Waals surface area contributed by atoms with Crippen LogP contribution < -0.4 is 5.32 Å². The molecule has 0 saturated heterocycles. The maximum atomic E-state index is 14.4.